The highest BCUT2D eigenvalue weighted by Crippen LogP contribution is 2.35. The van der Waals surface area contributed by atoms with Crippen LogP contribution in [0, 0.1) is 11.8 Å². The zero-order valence-electron chi connectivity index (χ0n) is 15.0. The lowest BCUT2D eigenvalue weighted by Gasteiger charge is -2.15. The van der Waals surface area contributed by atoms with Crippen molar-refractivity contribution in [2.24, 2.45) is 11.8 Å². The van der Waals surface area contributed by atoms with Gasteiger partial charge in [0, 0.05) is 29.9 Å². The van der Waals surface area contributed by atoms with Gasteiger partial charge in [0.2, 0.25) is 0 Å². The number of aliphatic hydroxyl groups is 1. The lowest BCUT2D eigenvalue weighted by molar-refractivity contribution is -0.139. The van der Waals surface area contributed by atoms with Gasteiger partial charge >= 0.3 is 12.1 Å². The Morgan fingerprint density at radius 3 is 2.86 bits per heavy atom. The number of thioether (sulfide) groups is 1. The molecular formula is C18H22F3NO4S2. The van der Waals surface area contributed by atoms with Gasteiger partial charge in [0.25, 0.3) is 0 Å². The number of carboxylic acids is 1. The van der Waals surface area contributed by atoms with Crippen LogP contribution in [0.25, 0.3) is 0 Å². The number of aromatic carboxylic acids is 1. The second-order valence-corrected chi connectivity index (χ2v) is 8.89. The predicted molar refractivity (Wildman–Crippen MR) is 101 cm³/mol. The lowest BCUT2D eigenvalue weighted by Crippen LogP contribution is -2.15. The Balaban J connectivity index is 1.77. The molecule has 5 nitrogen and oxygen atoms in total. The van der Waals surface area contributed by atoms with E-state index < -0.39 is 24.7 Å². The molecule has 1 saturated carbocycles. The van der Waals surface area contributed by atoms with Crippen molar-refractivity contribution in [3.63, 3.8) is 0 Å². The number of ketones is 1. The number of hydrogen-bond donors (Lipinski definition) is 2. The molecule has 1 fully saturated rings. The second-order valence-electron chi connectivity index (χ2n) is 6.69. The largest absolute Gasteiger partial charge is 0.476 e. The van der Waals surface area contributed by atoms with Gasteiger partial charge in [-0.1, -0.05) is 23.9 Å². The number of halogens is 3. The Morgan fingerprint density at radius 1 is 1.46 bits per heavy atom. The van der Waals surface area contributed by atoms with Gasteiger partial charge in [-0.3, -0.25) is 4.79 Å². The van der Waals surface area contributed by atoms with Crippen LogP contribution in [0.15, 0.2) is 21.9 Å². The van der Waals surface area contributed by atoms with Gasteiger partial charge in [-0.15, -0.1) is 11.3 Å². The number of carbonyl (C=O) groups excluding carboxylic acids is 1. The maximum Gasteiger partial charge on any atom is 0.389 e. The summed E-state index contributed by atoms with van der Waals surface area (Å²) in [7, 11) is 0. The van der Waals surface area contributed by atoms with Crippen LogP contribution < -0.4 is 0 Å². The number of alkyl halides is 3. The third kappa shape index (κ3) is 7.56. The topological polar surface area (TPSA) is 87.5 Å². The van der Waals surface area contributed by atoms with E-state index in [1.54, 1.807) is 6.08 Å². The van der Waals surface area contributed by atoms with E-state index in [9.17, 15) is 27.9 Å². The molecule has 2 rings (SSSR count). The van der Waals surface area contributed by atoms with Crippen molar-refractivity contribution in [3.8, 4) is 0 Å². The number of thiazole rings is 1. The summed E-state index contributed by atoms with van der Waals surface area (Å²) in [5.74, 6) is -0.416. The molecule has 0 aliphatic heterocycles. The summed E-state index contributed by atoms with van der Waals surface area (Å²) in [6, 6.07) is 0. The maximum absolute atomic E-state index is 12.2. The third-order valence-electron chi connectivity index (χ3n) is 4.56. The highest BCUT2D eigenvalue weighted by atomic mass is 32.2. The monoisotopic (exact) mass is 437 g/mol. The number of carbonyl (C=O) groups is 2. The molecule has 1 aliphatic rings. The van der Waals surface area contributed by atoms with Crippen molar-refractivity contribution in [3.05, 3.63) is 23.2 Å². The molecular weight excluding hydrogens is 415 g/mol. The molecule has 156 valence electrons. The van der Waals surface area contributed by atoms with Gasteiger partial charge in [-0.05, 0) is 31.6 Å². The Labute approximate surface area is 169 Å². The quantitative estimate of drug-likeness (QED) is 0.412. The molecule has 3 atom stereocenters. The summed E-state index contributed by atoms with van der Waals surface area (Å²) >= 11 is 2.66. The maximum atomic E-state index is 12.2. The molecule has 1 aromatic heterocycles. The van der Waals surface area contributed by atoms with E-state index >= 15 is 0 Å². The molecule has 0 saturated heterocycles. The van der Waals surface area contributed by atoms with Crippen LogP contribution in [0.1, 0.15) is 49.0 Å². The van der Waals surface area contributed by atoms with Crippen molar-refractivity contribution < 1.29 is 33.0 Å². The minimum absolute atomic E-state index is 0.00864. The first kappa shape index (κ1) is 22.9. The Bertz CT molecular complexity index is 705. The molecule has 0 aromatic carbocycles. The number of hydrogen-bond acceptors (Lipinski definition) is 6. The van der Waals surface area contributed by atoms with Gasteiger partial charge in [-0.25, -0.2) is 9.78 Å². The lowest BCUT2D eigenvalue weighted by atomic mass is 9.92. The van der Waals surface area contributed by atoms with E-state index in [4.69, 9.17) is 5.11 Å². The van der Waals surface area contributed by atoms with Crippen LogP contribution >= 0.6 is 23.1 Å². The van der Waals surface area contributed by atoms with Crippen molar-refractivity contribution in [1.29, 1.82) is 0 Å². The van der Waals surface area contributed by atoms with E-state index in [0.29, 0.717) is 29.4 Å². The molecule has 10 heteroatoms. The standard InChI is InChI=1S/C18H22F3NO4S2/c19-18(20,21)8-6-12(23)3-1-2-11-4-5-15(24)13(11)7-9-27-17-22-14(10-28-17)16(25)26/h1-2,10-13,23H,3-9H2,(H,25,26)/t11-,12+,13+/m0/s1. The van der Waals surface area contributed by atoms with Gasteiger partial charge in [0.1, 0.15) is 5.78 Å². The molecule has 0 bridgehead atoms. The smallest absolute Gasteiger partial charge is 0.389 e. The number of carboxylic acid groups (broad SMARTS) is 1. The fraction of sp³-hybridized carbons (Fsp3) is 0.611. The molecule has 0 spiro atoms. The molecule has 0 unspecified atom stereocenters. The number of nitrogens with zero attached hydrogens (tertiary/aromatic N) is 1. The number of aliphatic hydroxyl groups excluding tert-OH is 1. The zero-order chi connectivity index (χ0) is 20.7. The van der Waals surface area contributed by atoms with E-state index in [-0.39, 0.29) is 36.2 Å². The molecule has 2 N–H and O–H groups in total. The second kappa shape index (κ2) is 10.4. The summed E-state index contributed by atoms with van der Waals surface area (Å²) in [5, 5.41) is 20.0. The van der Waals surface area contributed by atoms with E-state index in [2.05, 4.69) is 4.98 Å². The highest BCUT2D eigenvalue weighted by Gasteiger charge is 2.32. The number of allylic oxidation sites excluding steroid dienone is 1. The molecule has 1 heterocycles. The normalized spacial score (nSPS) is 21.5. The molecule has 0 amide bonds. The van der Waals surface area contributed by atoms with Crippen LogP contribution in [0.3, 0.4) is 0 Å². The summed E-state index contributed by atoms with van der Waals surface area (Å²) in [6.45, 7) is 0. The van der Waals surface area contributed by atoms with Crippen molar-refractivity contribution in [2.75, 3.05) is 5.75 Å². The van der Waals surface area contributed by atoms with Gasteiger partial charge in [0.05, 0.1) is 6.10 Å². The van der Waals surface area contributed by atoms with Crippen LogP contribution in [0.2, 0.25) is 0 Å². The van der Waals surface area contributed by atoms with Crippen molar-refractivity contribution in [1.82, 2.24) is 4.98 Å². The highest BCUT2D eigenvalue weighted by molar-refractivity contribution is 8.01. The number of rotatable bonds is 10. The summed E-state index contributed by atoms with van der Waals surface area (Å²) in [6.07, 6.45) is -1.21. The minimum atomic E-state index is -4.27. The Kier molecular flexibility index (Phi) is 8.51. The number of Topliss-reactive ketones (excluding diaryl/α,β-unsaturated/α-hetero) is 1. The van der Waals surface area contributed by atoms with Crippen LogP contribution in [0.4, 0.5) is 13.2 Å². The summed E-state index contributed by atoms with van der Waals surface area (Å²) in [4.78, 5) is 26.9. The summed E-state index contributed by atoms with van der Waals surface area (Å²) in [5.41, 5.74) is 0.00864. The molecule has 0 radical (unpaired) electrons. The van der Waals surface area contributed by atoms with Crippen LogP contribution in [-0.4, -0.2) is 45.0 Å². The van der Waals surface area contributed by atoms with Gasteiger partial charge in [-0.2, -0.15) is 13.2 Å². The van der Waals surface area contributed by atoms with Crippen LogP contribution in [-0.2, 0) is 4.79 Å². The van der Waals surface area contributed by atoms with Crippen molar-refractivity contribution in [2.45, 2.75) is 55.1 Å². The minimum Gasteiger partial charge on any atom is -0.476 e. The Morgan fingerprint density at radius 2 is 2.21 bits per heavy atom. The molecule has 1 aliphatic carbocycles. The Hall–Kier alpha value is -1.39. The fourth-order valence-electron chi connectivity index (χ4n) is 3.09. The van der Waals surface area contributed by atoms with Crippen molar-refractivity contribution >= 4 is 34.9 Å². The third-order valence-corrected chi connectivity index (χ3v) is 6.62. The molecule has 28 heavy (non-hydrogen) atoms. The van der Waals surface area contributed by atoms with E-state index in [0.717, 1.165) is 0 Å². The number of aromatic nitrogens is 1. The average molecular weight is 438 g/mol. The molecule has 1 aromatic rings. The first-order valence-electron chi connectivity index (χ1n) is 8.91. The van der Waals surface area contributed by atoms with E-state index in [1.165, 1.54) is 28.5 Å². The van der Waals surface area contributed by atoms with Crippen LogP contribution in [0.5, 0.6) is 0 Å². The first-order chi connectivity index (χ1) is 13.2. The van der Waals surface area contributed by atoms with Gasteiger partial charge < -0.3 is 10.2 Å². The SMILES string of the molecule is O=C(O)c1csc(SCC[C@H]2C(=O)CC[C@@H]2C=CC[C@@H](O)CCC(F)(F)F)n1. The average Bonchev–Trinajstić information content (AvgIpc) is 3.21. The fourth-order valence-corrected chi connectivity index (χ4v) is 4.99. The van der Waals surface area contributed by atoms with E-state index in [1.807, 2.05) is 6.08 Å². The summed E-state index contributed by atoms with van der Waals surface area (Å²) < 4.78 is 37.1. The zero-order valence-corrected chi connectivity index (χ0v) is 16.7. The first-order valence-corrected chi connectivity index (χ1v) is 10.8. The van der Waals surface area contributed by atoms with Gasteiger partial charge in [0.15, 0.2) is 10.0 Å². The predicted octanol–water partition coefficient (Wildman–Crippen LogP) is 4.57.